The first-order chi connectivity index (χ1) is 16.1. The van der Waals surface area contributed by atoms with Crippen molar-refractivity contribution < 1.29 is 26.3 Å². The molecule has 2 aromatic heterocycles. The van der Waals surface area contributed by atoms with Crippen molar-refractivity contribution in [2.75, 3.05) is 13.1 Å². The smallest absolute Gasteiger partial charge is 0.291 e. The largest absolute Gasteiger partial charge is 0.470 e. The van der Waals surface area contributed by atoms with Crippen molar-refractivity contribution in [1.82, 2.24) is 29.6 Å². The second-order valence-corrected chi connectivity index (χ2v) is 12.0. The van der Waals surface area contributed by atoms with Crippen molar-refractivity contribution >= 4 is 32.3 Å². The summed E-state index contributed by atoms with van der Waals surface area (Å²) in [5, 5.41) is 10.9. The zero-order valence-electron chi connectivity index (χ0n) is 18.0. The number of hydrogen-bond donors (Lipinski definition) is 1. The van der Waals surface area contributed by atoms with Crippen LogP contribution < -0.4 is 9.46 Å². The van der Waals surface area contributed by atoms with E-state index >= 15 is 4.39 Å². The highest BCUT2D eigenvalue weighted by atomic mass is 32.2. The maximum Gasteiger partial charge on any atom is 0.291 e. The first-order valence-corrected chi connectivity index (χ1v) is 13.2. The number of nitrogens with one attached hydrogen (secondary N) is 1. The minimum atomic E-state index is -4.03. The number of benzene rings is 1. The minimum absolute atomic E-state index is 0.0322. The van der Waals surface area contributed by atoms with Crippen LogP contribution in [0.4, 0.5) is 13.2 Å². The third kappa shape index (κ3) is 3.95. The molecule has 34 heavy (non-hydrogen) atoms. The summed E-state index contributed by atoms with van der Waals surface area (Å²) in [5.74, 6) is -0.871. The molecule has 1 aliphatic heterocycles. The molecule has 0 atom stereocenters. The standard InChI is InChI=1S/C20H21F3N6O3S2/c1-20(4-5-20)27-34(30,31)12-6-13(21)15-14(7-12)29(19-25-24-18(33-19)16(22)23)26-17(15)32-11-8-28(9-11)10-2-3-10/h6-7,10-11,16,27H,2-5,8-9H2,1H3. The molecule has 3 fully saturated rings. The molecule has 182 valence electrons. The maximum atomic E-state index is 15.3. The van der Waals surface area contributed by atoms with Gasteiger partial charge in [0.2, 0.25) is 21.0 Å². The molecule has 3 heterocycles. The monoisotopic (exact) mass is 514 g/mol. The van der Waals surface area contributed by atoms with Gasteiger partial charge in [-0.25, -0.2) is 31.0 Å². The van der Waals surface area contributed by atoms with Gasteiger partial charge in [-0.15, -0.1) is 15.3 Å². The number of fused-ring (bicyclic) bond motifs is 1. The second kappa shape index (κ2) is 7.60. The molecule has 1 aromatic carbocycles. The van der Waals surface area contributed by atoms with Crippen molar-refractivity contribution in [1.29, 1.82) is 0 Å². The number of halogens is 3. The van der Waals surface area contributed by atoms with E-state index in [0.717, 1.165) is 23.6 Å². The van der Waals surface area contributed by atoms with Gasteiger partial charge in [-0.3, -0.25) is 4.90 Å². The van der Waals surface area contributed by atoms with Crippen LogP contribution in [0.3, 0.4) is 0 Å². The summed E-state index contributed by atoms with van der Waals surface area (Å²) in [4.78, 5) is 1.98. The predicted molar refractivity (Wildman–Crippen MR) is 116 cm³/mol. The zero-order chi connectivity index (χ0) is 23.8. The predicted octanol–water partition coefficient (Wildman–Crippen LogP) is 3.01. The Balaban J connectivity index is 1.41. The Morgan fingerprint density at radius 1 is 1.24 bits per heavy atom. The summed E-state index contributed by atoms with van der Waals surface area (Å²) < 4.78 is 77.0. The molecule has 0 radical (unpaired) electrons. The van der Waals surface area contributed by atoms with Crippen molar-refractivity contribution in [2.24, 2.45) is 0 Å². The van der Waals surface area contributed by atoms with Crippen molar-refractivity contribution in [3.8, 4) is 11.0 Å². The lowest BCUT2D eigenvalue weighted by Gasteiger charge is -2.38. The van der Waals surface area contributed by atoms with E-state index in [1.807, 2.05) is 0 Å². The van der Waals surface area contributed by atoms with Crippen LogP contribution in [0.2, 0.25) is 0 Å². The van der Waals surface area contributed by atoms with E-state index in [2.05, 4.69) is 24.9 Å². The van der Waals surface area contributed by atoms with Crippen molar-refractivity contribution in [3.05, 3.63) is 23.0 Å². The number of sulfonamides is 1. The van der Waals surface area contributed by atoms with E-state index < -0.39 is 32.8 Å². The molecule has 14 heteroatoms. The molecule has 0 unspecified atom stereocenters. The Morgan fingerprint density at radius 3 is 2.59 bits per heavy atom. The van der Waals surface area contributed by atoms with Crippen LogP contribution in [0.1, 0.15) is 44.0 Å². The van der Waals surface area contributed by atoms with Gasteiger partial charge in [-0.05, 0) is 44.7 Å². The topological polar surface area (TPSA) is 102 Å². The van der Waals surface area contributed by atoms with Crippen LogP contribution >= 0.6 is 11.3 Å². The van der Waals surface area contributed by atoms with Gasteiger partial charge in [-0.2, -0.15) is 0 Å². The summed E-state index contributed by atoms with van der Waals surface area (Å²) >= 11 is 0.590. The van der Waals surface area contributed by atoms with Gasteiger partial charge >= 0.3 is 0 Å². The molecule has 6 rings (SSSR count). The highest BCUT2D eigenvalue weighted by molar-refractivity contribution is 7.89. The lowest BCUT2D eigenvalue weighted by molar-refractivity contribution is 0.0121. The normalized spacial score (nSPS) is 20.7. The molecule has 0 bridgehead atoms. The number of nitrogens with zero attached hydrogens (tertiary/aromatic N) is 5. The number of ether oxygens (including phenoxy) is 1. The van der Waals surface area contributed by atoms with Gasteiger partial charge in [0, 0.05) is 24.7 Å². The molecule has 1 saturated heterocycles. The van der Waals surface area contributed by atoms with Crippen molar-refractivity contribution in [2.45, 2.75) is 61.6 Å². The lowest BCUT2D eigenvalue weighted by atomic mass is 10.1. The quantitative estimate of drug-likeness (QED) is 0.493. The average Bonchev–Trinajstić information content (AvgIpc) is 3.60. The Morgan fingerprint density at radius 2 is 1.97 bits per heavy atom. The van der Waals surface area contributed by atoms with Crippen LogP contribution in [0.25, 0.3) is 16.0 Å². The Hall–Kier alpha value is -2.29. The average molecular weight is 515 g/mol. The molecule has 1 N–H and O–H groups in total. The number of aromatic nitrogens is 4. The van der Waals surface area contributed by atoms with Gasteiger partial charge in [0.25, 0.3) is 6.43 Å². The number of likely N-dealkylation sites (tertiary alicyclic amines) is 1. The van der Waals surface area contributed by atoms with Crippen molar-refractivity contribution in [3.63, 3.8) is 0 Å². The second-order valence-electron chi connectivity index (χ2n) is 9.33. The summed E-state index contributed by atoms with van der Waals surface area (Å²) in [5.41, 5.74) is -0.506. The van der Waals surface area contributed by atoms with E-state index in [4.69, 9.17) is 4.74 Å². The van der Waals surface area contributed by atoms with Crippen LogP contribution in [0, 0.1) is 5.82 Å². The fourth-order valence-electron chi connectivity index (χ4n) is 4.04. The SMILES string of the molecule is CC1(NS(=O)(=O)c2cc(F)c3c(OC4CN(C5CC5)C4)nn(-c4nnc(C(F)F)s4)c3c2)CC1. The highest BCUT2D eigenvalue weighted by Crippen LogP contribution is 2.39. The molecule has 0 spiro atoms. The van der Waals surface area contributed by atoms with Crippen LogP contribution in [-0.2, 0) is 10.0 Å². The molecule has 0 amide bonds. The first-order valence-electron chi connectivity index (χ1n) is 10.9. The van der Waals surface area contributed by atoms with E-state index in [1.54, 1.807) is 6.92 Å². The molecule has 3 aliphatic rings. The fraction of sp³-hybridized carbons (Fsp3) is 0.550. The van der Waals surface area contributed by atoms with Crippen LogP contribution in [-0.4, -0.2) is 64.1 Å². The summed E-state index contributed by atoms with van der Waals surface area (Å²) in [6.45, 7) is 3.14. The summed E-state index contributed by atoms with van der Waals surface area (Å²) in [6, 6.07) is 2.76. The number of alkyl halides is 2. The van der Waals surface area contributed by atoms with Gasteiger partial charge in [-0.1, -0.05) is 11.3 Å². The molecular weight excluding hydrogens is 493 g/mol. The maximum absolute atomic E-state index is 15.3. The Bertz CT molecular complexity index is 1380. The third-order valence-electron chi connectivity index (χ3n) is 6.38. The molecule has 2 saturated carbocycles. The Labute approximate surface area is 197 Å². The number of rotatable bonds is 8. The van der Waals surface area contributed by atoms with Gasteiger partial charge < -0.3 is 4.74 Å². The number of hydrogen-bond acceptors (Lipinski definition) is 8. The van der Waals surface area contributed by atoms with E-state index in [9.17, 15) is 17.2 Å². The van der Waals surface area contributed by atoms with E-state index in [0.29, 0.717) is 43.3 Å². The molecule has 2 aliphatic carbocycles. The third-order valence-corrected chi connectivity index (χ3v) is 8.91. The van der Waals surface area contributed by atoms with E-state index in [1.165, 1.54) is 6.07 Å². The van der Waals surface area contributed by atoms with Gasteiger partial charge in [0.1, 0.15) is 11.9 Å². The lowest BCUT2D eigenvalue weighted by Crippen LogP contribution is -2.54. The molecular formula is C20H21F3N6O3S2. The first kappa shape index (κ1) is 22.2. The zero-order valence-corrected chi connectivity index (χ0v) is 19.7. The Kier molecular flexibility index (Phi) is 4.96. The highest BCUT2D eigenvalue weighted by Gasteiger charge is 2.42. The molecule has 9 nitrogen and oxygen atoms in total. The summed E-state index contributed by atoms with van der Waals surface area (Å²) in [7, 11) is -4.03. The minimum Gasteiger partial charge on any atom is -0.470 e. The summed E-state index contributed by atoms with van der Waals surface area (Å²) in [6.07, 6.45) is 0.668. The molecule has 3 aromatic rings. The van der Waals surface area contributed by atoms with Crippen LogP contribution in [0.5, 0.6) is 5.88 Å². The van der Waals surface area contributed by atoms with E-state index in [-0.39, 0.29) is 32.9 Å². The van der Waals surface area contributed by atoms with Gasteiger partial charge in [0.15, 0.2) is 5.01 Å². The fourth-order valence-corrected chi connectivity index (χ4v) is 6.20. The van der Waals surface area contributed by atoms with Crippen LogP contribution in [0.15, 0.2) is 17.0 Å². The van der Waals surface area contributed by atoms with Gasteiger partial charge in [0.05, 0.1) is 15.8 Å².